The second-order valence-electron chi connectivity index (χ2n) is 6.22. The van der Waals surface area contributed by atoms with Crippen LogP contribution in [0.25, 0.3) is 0 Å². The number of anilines is 2. The molecule has 1 aliphatic rings. The summed E-state index contributed by atoms with van der Waals surface area (Å²) in [6.07, 6.45) is 3.86. The molecule has 0 amide bonds. The summed E-state index contributed by atoms with van der Waals surface area (Å²) in [5.41, 5.74) is 0.964. The lowest BCUT2D eigenvalue weighted by atomic mass is 10.1. The van der Waals surface area contributed by atoms with Crippen molar-refractivity contribution in [2.24, 2.45) is 0 Å². The van der Waals surface area contributed by atoms with Crippen LogP contribution in [0.3, 0.4) is 0 Å². The zero-order chi connectivity index (χ0) is 18.5. The smallest absolute Gasteiger partial charge is 0.232 e. The number of nitrogens with zero attached hydrogens (tertiary/aromatic N) is 1. The van der Waals surface area contributed by atoms with Crippen molar-refractivity contribution >= 4 is 31.4 Å². The van der Waals surface area contributed by atoms with Crippen molar-refractivity contribution in [3.8, 4) is 0 Å². The van der Waals surface area contributed by atoms with Crippen LogP contribution in [0.5, 0.6) is 0 Å². The van der Waals surface area contributed by atoms with Crippen LogP contribution in [-0.4, -0.2) is 48.1 Å². The molecule has 0 aromatic heterocycles. The molecule has 25 heavy (non-hydrogen) atoms. The summed E-state index contributed by atoms with van der Waals surface area (Å²) in [5, 5.41) is 0. The zero-order valence-electron chi connectivity index (χ0n) is 14.6. The van der Waals surface area contributed by atoms with E-state index in [0.29, 0.717) is 43.9 Å². The number of unbranched alkanes of at least 4 members (excludes halogenated alkanes) is 1. The van der Waals surface area contributed by atoms with Crippen LogP contribution < -0.4 is 9.03 Å². The van der Waals surface area contributed by atoms with Gasteiger partial charge in [-0.2, -0.15) is 0 Å². The van der Waals surface area contributed by atoms with Gasteiger partial charge in [0.1, 0.15) is 0 Å². The third-order valence-corrected chi connectivity index (χ3v) is 6.64. The van der Waals surface area contributed by atoms with Crippen LogP contribution in [-0.2, 0) is 24.8 Å². The fourth-order valence-corrected chi connectivity index (χ4v) is 5.36. The van der Waals surface area contributed by atoms with E-state index >= 15 is 0 Å². The Morgan fingerprint density at radius 1 is 1.12 bits per heavy atom. The van der Waals surface area contributed by atoms with Crippen LogP contribution >= 0.6 is 0 Å². The predicted molar refractivity (Wildman–Crippen MR) is 99.9 cm³/mol. The van der Waals surface area contributed by atoms with Crippen molar-refractivity contribution in [1.82, 2.24) is 0 Å². The summed E-state index contributed by atoms with van der Waals surface area (Å²) in [6, 6.07) is 6.31. The molecule has 0 spiro atoms. The average molecular weight is 391 g/mol. The topological polar surface area (TPSA) is 92.8 Å². The molecule has 1 saturated heterocycles. The van der Waals surface area contributed by atoms with E-state index in [1.165, 1.54) is 10.6 Å². The third kappa shape index (κ3) is 5.86. The van der Waals surface area contributed by atoms with Crippen molar-refractivity contribution in [3.63, 3.8) is 0 Å². The Balaban J connectivity index is 2.18. The van der Waals surface area contributed by atoms with Crippen molar-refractivity contribution in [2.45, 2.75) is 38.6 Å². The van der Waals surface area contributed by atoms with E-state index in [-0.39, 0.29) is 11.8 Å². The highest BCUT2D eigenvalue weighted by Gasteiger charge is 2.28. The number of hydrogen-bond acceptors (Lipinski definition) is 5. The number of ether oxygens (including phenoxy) is 1. The standard InChI is InChI=1S/C16H26N2O5S2/c1-3-4-13-25(21,22)17-14-5-7-15(8-6-14)18(24(2,19)20)16-9-11-23-12-10-16/h5-8,16-17H,3-4,9-13H2,1-2H3. The van der Waals surface area contributed by atoms with Gasteiger partial charge in [-0.25, -0.2) is 16.8 Å². The monoisotopic (exact) mass is 390 g/mol. The molecule has 1 aromatic rings. The molecule has 0 unspecified atom stereocenters. The van der Waals surface area contributed by atoms with Gasteiger partial charge in [-0.1, -0.05) is 13.3 Å². The van der Waals surface area contributed by atoms with E-state index < -0.39 is 20.0 Å². The first kappa shape index (κ1) is 20.0. The zero-order valence-corrected chi connectivity index (χ0v) is 16.3. The van der Waals surface area contributed by atoms with Crippen LogP contribution in [0, 0.1) is 0 Å². The molecular formula is C16H26N2O5S2. The Bertz CT molecular complexity index is 754. The average Bonchev–Trinajstić information content (AvgIpc) is 2.54. The first-order chi connectivity index (χ1) is 11.7. The molecule has 2 rings (SSSR count). The van der Waals surface area contributed by atoms with Crippen molar-refractivity contribution in [2.75, 3.05) is 34.2 Å². The summed E-state index contributed by atoms with van der Waals surface area (Å²) in [5.74, 6) is 0.0722. The van der Waals surface area contributed by atoms with Gasteiger partial charge in [-0.3, -0.25) is 9.03 Å². The molecular weight excluding hydrogens is 364 g/mol. The van der Waals surface area contributed by atoms with E-state index in [9.17, 15) is 16.8 Å². The minimum absolute atomic E-state index is 0.0722. The van der Waals surface area contributed by atoms with Crippen molar-refractivity contribution in [3.05, 3.63) is 24.3 Å². The van der Waals surface area contributed by atoms with Crippen LogP contribution in [0.4, 0.5) is 11.4 Å². The van der Waals surface area contributed by atoms with E-state index in [0.717, 1.165) is 6.42 Å². The fourth-order valence-electron chi connectivity index (χ4n) is 2.83. The molecule has 0 atom stereocenters. The molecule has 142 valence electrons. The van der Waals surface area contributed by atoms with Crippen molar-refractivity contribution < 1.29 is 21.6 Å². The maximum absolute atomic E-state index is 12.2. The maximum atomic E-state index is 12.2. The number of benzene rings is 1. The lowest BCUT2D eigenvalue weighted by molar-refractivity contribution is 0.0876. The minimum Gasteiger partial charge on any atom is -0.381 e. The predicted octanol–water partition coefficient (Wildman–Crippen LogP) is 2.17. The Morgan fingerprint density at radius 3 is 2.24 bits per heavy atom. The number of rotatable bonds is 8. The SMILES string of the molecule is CCCCS(=O)(=O)Nc1ccc(N(C2CCOCC2)S(C)(=O)=O)cc1. The third-order valence-electron chi connectivity index (χ3n) is 4.04. The van der Waals surface area contributed by atoms with Gasteiger partial charge < -0.3 is 4.74 Å². The minimum atomic E-state index is -3.44. The summed E-state index contributed by atoms with van der Waals surface area (Å²) in [6.45, 7) is 3.00. The molecule has 1 aliphatic heterocycles. The summed E-state index contributed by atoms with van der Waals surface area (Å²) < 4.78 is 57.6. The number of nitrogens with one attached hydrogen (secondary N) is 1. The van der Waals surface area contributed by atoms with Gasteiger partial charge in [-0.15, -0.1) is 0 Å². The highest BCUT2D eigenvalue weighted by atomic mass is 32.2. The molecule has 9 heteroatoms. The van der Waals surface area contributed by atoms with E-state index in [1.807, 2.05) is 6.92 Å². The lowest BCUT2D eigenvalue weighted by Crippen LogP contribution is -2.43. The molecule has 7 nitrogen and oxygen atoms in total. The quantitative estimate of drug-likeness (QED) is 0.734. The first-order valence-corrected chi connectivity index (χ1v) is 11.9. The van der Waals surface area contributed by atoms with Gasteiger partial charge in [0.05, 0.1) is 17.7 Å². The first-order valence-electron chi connectivity index (χ1n) is 8.40. The Kier molecular flexibility index (Phi) is 6.70. The summed E-state index contributed by atoms with van der Waals surface area (Å²) in [7, 11) is -6.82. The Hall–Kier alpha value is -1.32. The number of sulfonamides is 2. The second kappa shape index (κ2) is 8.37. The molecule has 1 fully saturated rings. The normalized spacial score (nSPS) is 16.6. The van der Waals surface area contributed by atoms with Gasteiger partial charge >= 0.3 is 0 Å². The van der Waals surface area contributed by atoms with Gasteiger partial charge in [0.15, 0.2) is 0 Å². The van der Waals surface area contributed by atoms with Gasteiger partial charge in [-0.05, 0) is 43.5 Å². The van der Waals surface area contributed by atoms with Crippen LogP contribution in [0.2, 0.25) is 0 Å². The van der Waals surface area contributed by atoms with Gasteiger partial charge in [0, 0.05) is 24.9 Å². The van der Waals surface area contributed by atoms with E-state index in [2.05, 4.69) is 4.72 Å². The van der Waals surface area contributed by atoms with Gasteiger partial charge in [0.25, 0.3) is 0 Å². The molecule has 0 saturated carbocycles. The van der Waals surface area contributed by atoms with Crippen LogP contribution in [0.1, 0.15) is 32.6 Å². The molecule has 1 heterocycles. The Morgan fingerprint density at radius 2 is 1.72 bits per heavy atom. The molecule has 0 radical (unpaired) electrons. The molecule has 1 aromatic carbocycles. The molecule has 0 bridgehead atoms. The molecule has 0 aliphatic carbocycles. The summed E-state index contributed by atoms with van der Waals surface area (Å²) >= 11 is 0. The van der Waals surface area contributed by atoms with E-state index in [1.54, 1.807) is 24.3 Å². The van der Waals surface area contributed by atoms with Gasteiger partial charge in [0.2, 0.25) is 20.0 Å². The lowest BCUT2D eigenvalue weighted by Gasteiger charge is -2.34. The maximum Gasteiger partial charge on any atom is 0.232 e. The molecule has 1 N–H and O–H groups in total. The number of hydrogen-bond donors (Lipinski definition) is 1. The highest BCUT2D eigenvalue weighted by molar-refractivity contribution is 7.92. The summed E-state index contributed by atoms with van der Waals surface area (Å²) in [4.78, 5) is 0. The largest absolute Gasteiger partial charge is 0.381 e. The van der Waals surface area contributed by atoms with Crippen molar-refractivity contribution in [1.29, 1.82) is 0 Å². The van der Waals surface area contributed by atoms with E-state index in [4.69, 9.17) is 4.74 Å². The highest BCUT2D eigenvalue weighted by Crippen LogP contribution is 2.27. The fraction of sp³-hybridized carbons (Fsp3) is 0.625. The van der Waals surface area contributed by atoms with Crippen LogP contribution in [0.15, 0.2) is 24.3 Å². The Labute approximate surface area is 150 Å². The second-order valence-corrected chi connectivity index (χ2v) is 9.93.